The summed E-state index contributed by atoms with van der Waals surface area (Å²) in [6.45, 7) is 0.448. The van der Waals surface area contributed by atoms with E-state index in [1.165, 1.54) is 0 Å². The Morgan fingerprint density at radius 2 is 2.33 bits per heavy atom. The fraction of sp³-hybridized carbons (Fsp3) is 0.545. The average Bonchev–Trinajstić information content (AvgIpc) is 2.94. The van der Waals surface area contributed by atoms with Crippen molar-refractivity contribution in [2.45, 2.75) is 19.0 Å². The number of nitrogens with zero attached hydrogens (tertiary/aromatic N) is 1. The van der Waals surface area contributed by atoms with E-state index in [9.17, 15) is 13.2 Å². The Morgan fingerprint density at radius 1 is 1.56 bits per heavy atom. The maximum Gasteiger partial charge on any atom is 0.238 e. The van der Waals surface area contributed by atoms with Gasteiger partial charge in [0.1, 0.15) is 5.88 Å². The SMILES string of the molecule is O=C(CCl)N(Cc1cccs1)[C@@H]1CCS(=O)(=O)C1. The molecule has 0 N–H and O–H groups in total. The third kappa shape index (κ3) is 3.24. The average molecular weight is 308 g/mol. The highest BCUT2D eigenvalue weighted by atomic mass is 35.5. The first-order valence-corrected chi connectivity index (χ1v) is 8.83. The quantitative estimate of drug-likeness (QED) is 0.792. The highest BCUT2D eigenvalue weighted by Crippen LogP contribution is 2.22. The van der Waals surface area contributed by atoms with Crippen molar-refractivity contribution in [1.29, 1.82) is 0 Å². The molecule has 0 spiro atoms. The molecule has 0 saturated carbocycles. The summed E-state index contributed by atoms with van der Waals surface area (Å²) in [5.74, 6) is -0.0935. The van der Waals surface area contributed by atoms with Crippen LogP contribution < -0.4 is 0 Å². The normalized spacial score (nSPS) is 21.9. The Labute approximate surface area is 115 Å². The number of thiophene rings is 1. The van der Waals surface area contributed by atoms with Gasteiger partial charge in [-0.3, -0.25) is 4.79 Å². The minimum Gasteiger partial charge on any atom is -0.332 e. The second-order valence-electron chi connectivity index (χ2n) is 4.29. The Bertz CT molecular complexity index is 512. The van der Waals surface area contributed by atoms with E-state index in [2.05, 4.69) is 0 Å². The first-order chi connectivity index (χ1) is 8.52. The molecule has 1 atom stereocenters. The van der Waals surface area contributed by atoms with E-state index < -0.39 is 9.84 Å². The molecule has 1 aliphatic heterocycles. The largest absolute Gasteiger partial charge is 0.332 e. The zero-order valence-corrected chi connectivity index (χ0v) is 12.1. The molecule has 18 heavy (non-hydrogen) atoms. The van der Waals surface area contributed by atoms with Crippen LogP contribution in [0.3, 0.4) is 0 Å². The van der Waals surface area contributed by atoms with Crippen molar-refractivity contribution in [3.05, 3.63) is 22.4 Å². The third-order valence-corrected chi connectivity index (χ3v) is 5.83. The second kappa shape index (κ2) is 5.59. The molecule has 0 unspecified atom stereocenters. The Morgan fingerprint density at radius 3 is 2.83 bits per heavy atom. The van der Waals surface area contributed by atoms with Gasteiger partial charge in [0.25, 0.3) is 0 Å². The third-order valence-electron chi connectivity index (χ3n) is 2.99. The molecule has 0 bridgehead atoms. The number of rotatable bonds is 4. The number of amides is 1. The number of hydrogen-bond acceptors (Lipinski definition) is 4. The molecule has 1 aliphatic rings. The lowest BCUT2D eigenvalue weighted by Crippen LogP contribution is -2.41. The summed E-state index contributed by atoms with van der Waals surface area (Å²) in [6, 6.07) is 3.61. The molecule has 2 heterocycles. The van der Waals surface area contributed by atoms with Gasteiger partial charge in [0.05, 0.1) is 18.1 Å². The fourth-order valence-electron chi connectivity index (χ4n) is 2.09. The van der Waals surface area contributed by atoms with Crippen molar-refractivity contribution >= 4 is 38.7 Å². The zero-order valence-electron chi connectivity index (χ0n) is 9.71. The summed E-state index contributed by atoms with van der Waals surface area (Å²) < 4.78 is 23.0. The molecular formula is C11H14ClNO3S2. The summed E-state index contributed by atoms with van der Waals surface area (Å²) in [6.07, 6.45) is 0.510. The maximum absolute atomic E-state index is 11.8. The summed E-state index contributed by atoms with van der Waals surface area (Å²) in [5.41, 5.74) is 0. The Kier molecular flexibility index (Phi) is 4.29. The first-order valence-electron chi connectivity index (χ1n) is 5.60. The van der Waals surface area contributed by atoms with Gasteiger partial charge >= 0.3 is 0 Å². The molecule has 1 amide bonds. The molecule has 100 valence electrons. The molecule has 1 saturated heterocycles. The van der Waals surface area contributed by atoms with E-state index in [4.69, 9.17) is 11.6 Å². The second-order valence-corrected chi connectivity index (χ2v) is 7.82. The minimum atomic E-state index is -2.99. The zero-order chi connectivity index (χ0) is 13.2. The molecule has 7 heteroatoms. The summed E-state index contributed by atoms with van der Waals surface area (Å²) >= 11 is 7.15. The Hall–Kier alpha value is -0.590. The van der Waals surface area contributed by atoms with Crippen LogP contribution >= 0.6 is 22.9 Å². The van der Waals surface area contributed by atoms with Crippen molar-refractivity contribution in [1.82, 2.24) is 4.90 Å². The number of carbonyl (C=O) groups is 1. The lowest BCUT2D eigenvalue weighted by atomic mass is 10.2. The first kappa shape index (κ1) is 13.8. The molecular weight excluding hydrogens is 294 g/mol. The van der Waals surface area contributed by atoms with Crippen LogP contribution in [0.4, 0.5) is 0 Å². The van der Waals surface area contributed by atoms with Crippen LogP contribution in [0.25, 0.3) is 0 Å². The monoisotopic (exact) mass is 307 g/mol. The fourth-order valence-corrected chi connectivity index (χ4v) is 4.68. The summed E-state index contributed by atoms with van der Waals surface area (Å²) in [7, 11) is -2.99. The molecule has 1 aromatic heterocycles. The van der Waals surface area contributed by atoms with Crippen LogP contribution in [-0.4, -0.2) is 42.7 Å². The van der Waals surface area contributed by atoms with Gasteiger partial charge in [-0.25, -0.2) is 8.42 Å². The summed E-state index contributed by atoms with van der Waals surface area (Å²) in [5, 5.41) is 1.93. The van der Waals surface area contributed by atoms with Gasteiger partial charge in [-0.2, -0.15) is 0 Å². The van der Waals surface area contributed by atoms with Crippen LogP contribution in [0.2, 0.25) is 0 Å². The summed E-state index contributed by atoms with van der Waals surface area (Å²) in [4.78, 5) is 14.5. The van der Waals surface area contributed by atoms with Crippen LogP contribution in [0.1, 0.15) is 11.3 Å². The highest BCUT2D eigenvalue weighted by Gasteiger charge is 2.34. The predicted octanol–water partition coefficient (Wildman–Crippen LogP) is 1.50. The number of sulfone groups is 1. The van der Waals surface area contributed by atoms with Gasteiger partial charge in [-0.1, -0.05) is 6.07 Å². The smallest absolute Gasteiger partial charge is 0.238 e. The van der Waals surface area contributed by atoms with E-state index in [0.717, 1.165) is 4.88 Å². The molecule has 2 rings (SSSR count). The number of alkyl halides is 1. The lowest BCUT2D eigenvalue weighted by molar-refractivity contribution is -0.130. The van der Waals surface area contributed by atoms with E-state index >= 15 is 0 Å². The van der Waals surface area contributed by atoms with E-state index in [1.54, 1.807) is 16.2 Å². The molecule has 0 aromatic carbocycles. The molecule has 0 radical (unpaired) electrons. The van der Waals surface area contributed by atoms with Gasteiger partial charge < -0.3 is 4.90 Å². The van der Waals surface area contributed by atoms with Crippen LogP contribution in [0, 0.1) is 0 Å². The van der Waals surface area contributed by atoms with E-state index in [-0.39, 0.29) is 29.3 Å². The van der Waals surface area contributed by atoms with Gasteiger partial charge in [0.15, 0.2) is 9.84 Å². The standard InChI is InChI=1S/C11H14ClNO3S2/c12-6-11(14)13(7-10-2-1-4-17-10)9-3-5-18(15,16)8-9/h1-2,4,9H,3,5-8H2/t9-/m1/s1. The topological polar surface area (TPSA) is 54.5 Å². The van der Waals surface area contributed by atoms with Crippen molar-refractivity contribution in [3.8, 4) is 0 Å². The number of carbonyl (C=O) groups excluding carboxylic acids is 1. The molecule has 4 nitrogen and oxygen atoms in total. The van der Waals surface area contributed by atoms with Crippen molar-refractivity contribution in [2.24, 2.45) is 0 Å². The van der Waals surface area contributed by atoms with Crippen molar-refractivity contribution in [3.63, 3.8) is 0 Å². The van der Waals surface area contributed by atoms with Crippen molar-refractivity contribution in [2.75, 3.05) is 17.4 Å². The predicted molar refractivity (Wildman–Crippen MR) is 72.6 cm³/mol. The Balaban J connectivity index is 2.13. The van der Waals surface area contributed by atoms with Gasteiger partial charge in [-0.15, -0.1) is 22.9 Å². The molecule has 0 aliphatic carbocycles. The maximum atomic E-state index is 11.8. The van der Waals surface area contributed by atoms with Crippen LogP contribution in [0.5, 0.6) is 0 Å². The lowest BCUT2D eigenvalue weighted by Gasteiger charge is -2.27. The van der Waals surface area contributed by atoms with Crippen LogP contribution in [0.15, 0.2) is 17.5 Å². The molecule has 1 aromatic rings. The van der Waals surface area contributed by atoms with Gasteiger partial charge in [-0.05, 0) is 17.9 Å². The van der Waals surface area contributed by atoms with E-state index in [0.29, 0.717) is 13.0 Å². The van der Waals surface area contributed by atoms with Crippen LogP contribution in [-0.2, 0) is 21.2 Å². The van der Waals surface area contributed by atoms with Gasteiger partial charge in [0.2, 0.25) is 5.91 Å². The van der Waals surface area contributed by atoms with Gasteiger partial charge in [0, 0.05) is 10.9 Å². The highest BCUT2D eigenvalue weighted by molar-refractivity contribution is 7.91. The van der Waals surface area contributed by atoms with Crippen molar-refractivity contribution < 1.29 is 13.2 Å². The molecule has 1 fully saturated rings. The number of halogens is 1. The number of hydrogen-bond donors (Lipinski definition) is 0. The van der Waals surface area contributed by atoms with E-state index in [1.807, 2.05) is 17.5 Å². The minimum absolute atomic E-state index is 0.0566.